The molecule has 1 aliphatic rings. The average Bonchev–Trinajstić information content (AvgIpc) is 3.25. The molecule has 2 aromatic carbocycles. The van der Waals surface area contributed by atoms with E-state index in [0.717, 1.165) is 35.1 Å². The summed E-state index contributed by atoms with van der Waals surface area (Å²) in [5.74, 6) is 1.46. The van der Waals surface area contributed by atoms with Crippen LogP contribution in [0.1, 0.15) is 55.0 Å². The molecule has 1 fully saturated rings. The zero-order valence-electron chi connectivity index (χ0n) is 18.9. The van der Waals surface area contributed by atoms with Crippen LogP contribution >= 0.6 is 0 Å². The van der Waals surface area contributed by atoms with Crippen LogP contribution in [-0.2, 0) is 6.42 Å². The van der Waals surface area contributed by atoms with E-state index in [-0.39, 0.29) is 5.96 Å². The molecule has 1 unspecified atom stereocenters. The topological polar surface area (TPSA) is 90.0 Å². The van der Waals surface area contributed by atoms with Gasteiger partial charge in [-0.3, -0.25) is 0 Å². The van der Waals surface area contributed by atoms with Gasteiger partial charge in [-0.15, -0.1) is 0 Å². The summed E-state index contributed by atoms with van der Waals surface area (Å²) < 4.78 is 11.8. The molecule has 6 heteroatoms. The first-order valence-electron chi connectivity index (χ1n) is 11.6. The zero-order chi connectivity index (χ0) is 22.3. The van der Waals surface area contributed by atoms with Crippen LogP contribution in [0.3, 0.4) is 0 Å². The Balaban J connectivity index is 1.54. The van der Waals surface area contributed by atoms with Gasteiger partial charge in [0.1, 0.15) is 23.1 Å². The Morgan fingerprint density at radius 3 is 2.62 bits per heavy atom. The number of unbranched alkanes of at least 4 members (excludes halogenated alkanes) is 1. The summed E-state index contributed by atoms with van der Waals surface area (Å²) in [5, 5.41) is 1.02. The highest BCUT2D eigenvalue weighted by atomic mass is 16.5. The molecule has 3 aromatic rings. The van der Waals surface area contributed by atoms with Gasteiger partial charge in [0.15, 0.2) is 5.96 Å². The molecule has 0 spiro atoms. The Hall–Kier alpha value is -2.99. The number of fused-ring (bicyclic) bond motifs is 1. The van der Waals surface area contributed by atoms with E-state index in [1.807, 2.05) is 36.4 Å². The number of para-hydroxylation sites is 1. The van der Waals surface area contributed by atoms with E-state index in [1.54, 1.807) is 7.11 Å². The van der Waals surface area contributed by atoms with E-state index in [4.69, 9.17) is 20.6 Å². The Morgan fingerprint density at radius 1 is 1.06 bits per heavy atom. The SMILES string of the molecule is COc1ccc(CCCCN2CCCCC2)cc1C(N=C(N)N)c1cc2ccccc2o1. The number of rotatable bonds is 9. The number of nitrogens with two attached hydrogens (primary N) is 2. The molecule has 0 saturated carbocycles. The van der Waals surface area contributed by atoms with Crippen molar-refractivity contribution in [2.45, 2.75) is 44.6 Å². The fourth-order valence-corrected chi connectivity index (χ4v) is 4.57. The van der Waals surface area contributed by atoms with Gasteiger partial charge in [0.2, 0.25) is 0 Å². The second-order valence-corrected chi connectivity index (χ2v) is 8.58. The van der Waals surface area contributed by atoms with E-state index in [9.17, 15) is 0 Å². The lowest BCUT2D eigenvalue weighted by Crippen LogP contribution is -2.30. The molecule has 1 aliphatic heterocycles. The van der Waals surface area contributed by atoms with E-state index in [2.05, 4.69) is 22.0 Å². The molecule has 0 radical (unpaired) electrons. The molecule has 0 amide bonds. The third kappa shape index (κ3) is 5.43. The lowest BCUT2D eigenvalue weighted by Gasteiger charge is -2.26. The number of hydrogen-bond acceptors (Lipinski definition) is 4. The fraction of sp³-hybridized carbons (Fsp3) is 0.423. The number of furan rings is 1. The van der Waals surface area contributed by atoms with Crippen LogP contribution in [0.4, 0.5) is 0 Å². The van der Waals surface area contributed by atoms with Gasteiger partial charge < -0.3 is 25.5 Å². The molecule has 0 aliphatic carbocycles. The smallest absolute Gasteiger partial charge is 0.186 e. The maximum absolute atomic E-state index is 6.11. The van der Waals surface area contributed by atoms with Gasteiger partial charge in [0, 0.05) is 10.9 Å². The Labute approximate surface area is 190 Å². The van der Waals surface area contributed by atoms with Gasteiger partial charge in [-0.2, -0.15) is 0 Å². The molecule has 0 bridgehead atoms. The fourth-order valence-electron chi connectivity index (χ4n) is 4.57. The van der Waals surface area contributed by atoms with E-state index in [0.29, 0.717) is 5.76 Å². The molecule has 32 heavy (non-hydrogen) atoms. The monoisotopic (exact) mass is 434 g/mol. The summed E-state index contributed by atoms with van der Waals surface area (Å²) in [6, 6.07) is 15.7. The maximum Gasteiger partial charge on any atom is 0.186 e. The number of hydrogen-bond donors (Lipinski definition) is 2. The van der Waals surface area contributed by atoms with Crippen LogP contribution in [0.15, 0.2) is 57.9 Å². The standard InChI is InChI=1S/C26H34N4O2/c1-31-23-13-12-19(9-5-8-16-30-14-6-2-7-15-30)17-21(23)25(29-26(27)28)24-18-20-10-3-4-11-22(20)32-24/h3-4,10-13,17-18,25H,2,5-9,14-16H2,1H3,(H4,27,28,29). The first-order valence-corrected chi connectivity index (χ1v) is 11.6. The Morgan fingerprint density at radius 2 is 1.88 bits per heavy atom. The molecule has 1 atom stereocenters. The van der Waals surface area contributed by atoms with Gasteiger partial charge >= 0.3 is 0 Å². The number of likely N-dealkylation sites (tertiary alicyclic amines) is 1. The first kappa shape index (κ1) is 22.2. The number of methoxy groups -OCH3 is 1. The number of guanidine groups is 1. The van der Waals surface area contributed by atoms with E-state index < -0.39 is 6.04 Å². The molecule has 2 heterocycles. The average molecular weight is 435 g/mol. The largest absolute Gasteiger partial charge is 0.496 e. The summed E-state index contributed by atoms with van der Waals surface area (Å²) >= 11 is 0. The molecule has 6 nitrogen and oxygen atoms in total. The maximum atomic E-state index is 6.11. The van der Waals surface area contributed by atoms with Crippen molar-refractivity contribution < 1.29 is 9.15 Å². The molecular weight excluding hydrogens is 400 g/mol. The van der Waals surface area contributed by atoms with Crippen LogP contribution in [0.25, 0.3) is 11.0 Å². The van der Waals surface area contributed by atoms with Crippen molar-refractivity contribution in [3.8, 4) is 5.75 Å². The van der Waals surface area contributed by atoms with Crippen LogP contribution in [0.2, 0.25) is 0 Å². The summed E-state index contributed by atoms with van der Waals surface area (Å²) in [7, 11) is 1.67. The van der Waals surface area contributed by atoms with Gasteiger partial charge in [-0.25, -0.2) is 4.99 Å². The van der Waals surface area contributed by atoms with Crippen molar-refractivity contribution >= 4 is 16.9 Å². The summed E-state index contributed by atoms with van der Waals surface area (Å²) in [5.41, 5.74) is 14.6. The predicted molar refractivity (Wildman–Crippen MR) is 130 cm³/mol. The lowest BCUT2D eigenvalue weighted by atomic mass is 9.98. The minimum atomic E-state index is -0.462. The lowest BCUT2D eigenvalue weighted by molar-refractivity contribution is 0.225. The predicted octanol–water partition coefficient (Wildman–Crippen LogP) is 4.61. The van der Waals surface area contributed by atoms with Gasteiger partial charge in [-0.05, 0) is 81.6 Å². The normalized spacial score (nSPS) is 15.5. The number of benzene rings is 2. The third-order valence-corrected chi connectivity index (χ3v) is 6.22. The highest BCUT2D eigenvalue weighted by Crippen LogP contribution is 2.36. The summed E-state index contributed by atoms with van der Waals surface area (Å²) in [6.07, 6.45) is 7.45. The third-order valence-electron chi connectivity index (χ3n) is 6.22. The van der Waals surface area contributed by atoms with Crippen LogP contribution in [-0.4, -0.2) is 37.6 Å². The van der Waals surface area contributed by atoms with E-state index in [1.165, 1.54) is 50.9 Å². The summed E-state index contributed by atoms with van der Waals surface area (Å²) in [4.78, 5) is 7.11. The molecule has 4 N–H and O–H groups in total. The van der Waals surface area contributed by atoms with Crippen LogP contribution in [0.5, 0.6) is 5.75 Å². The van der Waals surface area contributed by atoms with Crippen molar-refractivity contribution in [1.82, 2.24) is 4.90 Å². The zero-order valence-corrected chi connectivity index (χ0v) is 18.9. The molecule has 1 saturated heterocycles. The quantitative estimate of drug-likeness (QED) is 0.291. The van der Waals surface area contributed by atoms with Crippen molar-refractivity contribution in [2.75, 3.05) is 26.7 Å². The number of piperidine rings is 1. The number of aryl methyl sites for hydroxylation is 1. The van der Waals surface area contributed by atoms with Gasteiger partial charge in [0.25, 0.3) is 0 Å². The Bertz CT molecular complexity index is 1020. The Kier molecular flexibility index (Phi) is 7.32. The van der Waals surface area contributed by atoms with Crippen molar-refractivity contribution in [3.05, 3.63) is 65.4 Å². The molecule has 1 aromatic heterocycles. The highest BCUT2D eigenvalue weighted by molar-refractivity contribution is 5.79. The van der Waals surface area contributed by atoms with E-state index >= 15 is 0 Å². The van der Waals surface area contributed by atoms with Crippen LogP contribution < -0.4 is 16.2 Å². The van der Waals surface area contributed by atoms with Crippen LogP contribution in [0, 0.1) is 0 Å². The van der Waals surface area contributed by atoms with Crippen molar-refractivity contribution in [1.29, 1.82) is 0 Å². The number of ether oxygens (including phenoxy) is 1. The molecular formula is C26H34N4O2. The van der Waals surface area contributed by atoms with Crippen molar-refractivity contribution in [2.24, 2.45) is 16.5 Å². The highest BCUT2D eigenvalue weighted by Gasteiger charge is 2.22. The van der Waals surface area contributed by atoms with Crippen molar-refractivity contribution in [3.63, 3.8) is 0 Å². The minimum absolute atomic E-state index is 0.0180. The number of nitrogens with zero attached hydrogens (tertiary/aromatic N) is 2. The van der Waals surface area contributed by atoms with Gasteiger partial charge in [0.05, 0.1) is 7.11 Å². The van der Waals surface area contributed by atoms with Gasteiger partial charge in [-0.1, -0.05) is 30.7 Å². The second kappa shape index (κ2) is 10.6. The first-order chi connectivity index (χ1) is 15.6. The molecule has 4 rings (SSSR count). The molecule has 170 valence electrons. The second-order valence-electron chi connectivity index (χ2n) is 8.58. The minimum Gasteiger partial charge on any atom is -0.496 e. The number of aliphatic imine (C=N–C) groups is 1. The summed E-state index contributed by atoms with van der Waals surface area (Å²) in [6.45, 7) is 3.70.